The molecule has 0 saturated carbocycles. The van der Waals surface area contributed by atoms with Crippen LogP contribution in [-0.2, 0) is 12.3 Å². The number of urea groups is 1. The Morgan fingerprint density at radius 1 is 1.13 bits per heavy atom. The van der Waals surface area contributed by atoms with Crippen molar-refractivity contribution in [3.63, 3.8) is 0 Å². The highest BCUT2D eigenvalue weighted by atomic mass is 32.2. The molecule has 3 aromatic rings. The number of aromatic nitrogens is 1. The predicted octanol–water partition coefficient (Wildman–Crippen LogP) is 4.75. The second kappa shape index (κ2) is 9.88. The summed E-state index contributed by atoms with van der Waals surface area (Å²) < 4.78 is 30.5. The number of benzene rings is 2. The van der Waals surface area contributed by atoms with Gasteiger partial charge in [-0.15, -0.1) is 0 Å². The molecule has 1 heterocycles. The van der Waals surface area contributed by atoms with Crippen LogP contribution in [0.15, 0.2) is 41.4 Å². The average Bonchev–Trinajstić information content (AvgIpc) is 3.11. The minimum Gasteiger partial charge on any atom is -0.365 e. The van der Waals surface area contributed by atoms with E-state index in [1.807, 2.05) is 26.0 Å². The van der Waals surface area contributed by atoms with Crippen molar-refractivity contribution in [2.24, 2.45) is 5.73 Å². The molecule has 3 rings (SSSR count). The molecule has 0 bridgehead atoms. The molecule has 3 amide bonds. The van der Waals surface area contributed by atoms with Gasteiger partial charge in [0.2, 0.25) is 0 Å². The third kappa shape index (κ3) is 5.80. The van der Waals surface area contributed by atoms with Crippen molar-refractivity contribution in [1.82, 2.24) is 9.69 Å². The first kappa shape index (κ1) is 22.7. The number of carbonyl (C=O) groups is 2. The second-order valence-electron chi connectivity index (χ2n) is 6.83. The standard InChI is InChI=1S/C21H20F2N4O2S2/c1-11-3-5-14(12(2)7-11)10-30-20-17(18(24)28)19(31-27-20)26-21(29)25-9-13-4-6-15(22)16(23)8-13/h3-8H,9-10H2,1-2H3,(H2,24,28)(H2,25,26,29). The smallest absolute Gasteiger partial charge is 0.320 e. The number of halogens is 2. The van der Waals surface area contributed by atoms with Gasteiger partial charge < -0.3 is 11.1 Å². The summed E-state index contributed by atoms with van der Waals surface area (Å²) in [5, 5.41) is 5.73. The summed E-state index contributed by atoms with van der Waals surface area (Å²) in [4.78, 5) is 24.2. The highest BCUT2D eigenvalue weighted by Gasteiger charge is 2.21. The molecule has 0 aliphatic heterocycles. The zero-order chi connectivity index (χ0) is 22.5. The Hall–Kier alpha value is -2.98. The summed E-state index contributed by atoms with van der Waals surface area (Å²) in [6, 6.07) is 8.85. The lowest BCUT2D eigenvalue weighted by Gasteiger charge is -2.08. The zero-order valence-corrected chi connectivity index (χ0v) is 18.4. The van der Waals surface area contributed by atoms with E-state index in [-0.39, 0.29) is 17.1 Å². The van der Waals surface area contributed by atoms with Crippen LogP contribution in [0, 0.1) is 25.5 Å². The van der Waals surface area contributed by atoms with Gasteiger partial charge in [-0.1, -0.05) is 41.6 Å². The Morgan fingerprint density at radius 3 is 2.58 bits per heavy atom. The van der Waals surface area contributed by atoms with Crippen LogP contribution in [0.5, 0.6) is 0 Å². The molecule has 0 aliphatic carbocycles. The SMILES string of the molecule is Cc1ccc(CSc2nsc(NC(=O)NCc3ccc(F)c(F)c3)c2C(N)=O)c(C)c1. The predicted molar refractivity (Wildman–Crippen MR) is 118 cm³/mol. The van der Waals surface area contributed by atoms with Gasteiger partial charge in [-0.3, -0.25) is 10.1 Å². The molecular formula is C21H20F2N4O2S2. The Kier molecular flexibility index (Phi) is 7.24. The monoisotopic (exact) mass is 462 g/mol. The molecule has 0 saturated heterocycles. The molecule has 0 atom stereocenters. The third-order valence-electron chi connectivity index (χ3n) is 4.43. The van der Waals surface area contributed by atoms with E-state index in [4.69, 9.17) is 5.73 Å². The van der Waals surface area contributed by atoms with E-state index in [1.165, 1.54) is 23.4 Å². The van der Waals surface area contributed by atoms with E-state index in [2.05, 4.69) is 21.1 Å². The number of nitrogens with two attached hydrogens (primary N) is 1. The van der Waals surface area contributed by atoms with E-state index < -0.39 is 23.6 Å². The number of nitrogens with one attached hydrogen (secondary N) is 2. The van der Waals surface area contributed by atoms with Gasteiger partial charge in [0.15, 0.2) is 11.6 Å². The molecule has 0 radical (unpaired) electrons. The number of hydrogen-bond donors (Lipinski definition) is 3. The van der Waals surface area contributed by atoms with E-state index in [0.29, 0.717) is 16.3 Å². The van der Waals surface area contributed by atoms with Gasteiger partial charge in [0.25, 0.3) is 5.91 Å². The van der Waals surface area contributed by atoms with Crippen LogP contribution in [0.2, 0.25) is 0 Å². The number of amides is 3. The fourth-order valence-corrected chi connectivity index (χ4v) is 4.85. The Morgan fingerprint density at radius 2 is 1.90 bits per heavy atom. The summed E-state index contributed by atoms with van der Waals surface area (Å²) in [6.07, 6.45) is 0. The lowest BCUT2D eigenvalue weighted by atomic mass is 10.1. The number of carbonyl (C=O) groups excluding carboxylic acids is 2. The van der Waals surface area contributed by atoms with Crippen LogP contribution < -0.4 is 16.4 Å². The molecule has 31 heavy (non-hydrogen) atoms. The van der Waals surface area contributed by atoms with Gasteiger partial charge in [0, 0.05) is 12.3 Å². The third-order valence-corrected chi connectivity index (χ3v) is 6.34. The first-order valence-electron chi connectivity index (χ1n) is 9.21. The fourth-order valence-electron chi connectivity index (χ4n) is 2.81. The lowest BCUT2D eigenvalue weighted by Crippen LogP contribution is -2.29. The van der Waals surface area contributed by atoms with Gasteiger partial charge in [-0.25, -0.2) is 13.6 Å². The molecule has 10 heteroatoms. The van der Waals surface area contributed by atoms with Crippen molar-refractivity contribution in [3.8, 4) is 0 Å². The maximum Gasteiger partial charge on any atom is 0.320 e. The van der Waals surface area contributed by atoms with E-state index in [0.717, 1.165) is 34.8 Å². The van der Waals surface area contributed by atoms with E-state index in [9.17, 15) is 18.4 Å². The number of rotatable bonds is 7. The molecule has 1 aromatic heterocycles. The normalized spacial score (nSPS) is 10.7. The number of hydrogen-bond acceptors (Lipinski definition) is 5. The highest BCUT2D eigenvalue weighted by molar-refractivity contribution is 7.98. The maximum atomic E-state index is 13.3. The van der Waals surface area contributed by atoms with Gasteiger partial charge >= 0.3 is 6.03 Å². The largest absolute Gasteiger partial charge is 0.365 e. The summed E-state index contributed by atoms with van der Waals surface area (Å²) >= 11 is 2.31. The summed E-state index contributed by atoms with van der Waals surface area (Å²) in [6.45, 7) is 4.01. The quantitative estimate of drug-likeness (QED) is 0.442. The first-order valence-corrected chi connectivity index (χ1v) is 11.0. The van der Waals surface area contributed by atoms with Crippen LogP contribution in [0.1, 0.15) is 32.6 Å². The number of thioether (sulfide) groups is 1. The maximum absolute atomic E-state index is 13.3. The minimum atomic E-state index is -0.997. The van der Waals surface area contributed by atoms with Gasteiger partial charge in [-0.2, -0.15) is 4.37 Å². The molecule has 4 N–H and O–H groups in total. The molecule has 0 fully saturated rings. The summed E-state index contributed by atoms with van der Waals surface area (Å²) in [5.41, 5.74) is 9.46. The van der Waals surface area contributed by atoms with Gasteiger partial charge in [0.05, 0.1) is 0 Å². The molecule has 6 nitrogen and oxygen atoms in total. The van der Waals surface area contributed by atoms with Crippen molar-refractivity contribution >= 4 is 40.2 Å². The van der Waals surface area contributed by atoms with Crippen LogP contribution in [0.4, 0.5) is 18.6 Å². The summed E-state index contributed by atoms with van der Waals surface area (Å²) in [5.74, 6) is -2.07. The Balaban J connectivity index is 1.65. The van der Waals surface area contributed by atoms with Crippen LogP contribution in [0.3, 0.4) is 0 Å². The number of nitrogens with zero attached hydrogens (tertiary/aromatic N) is 1. The van der Waals surface area contributed by atoms with Crippen LogP contribution in [-0.4, -0.2) is 16.3 Å². The molecule has 0 aliphatic rings. The number of primary amides is 1. The molecule has 0 unspecified atom stereocenters. The van der Waals surface area contributed by atoms with E-state index >= 15 is 0 Å². The molecule has 0 spiro atoms. The molecule has 2 aromatic carbocycles. The Bertz CT molecular complexity index is 1130. The second-order valence-corrected chi connectivity index (χ2v) is 8.57. The number of aryl methyl sites for hydroxylation is 2. The first-order chi connectivity index (χ1) is 14.7. The molecular weight excluding hydrogens is 442 g/mol. The average molecular weight is 463 g/mol. The van der Waals surface area contributed by atoms with E-state index in [1.54, 1.807) is 0 Å². The van der Waals surface area contributed by atoms with Crippen LogP contribution >= 0.6 is 23.3 Å². The van der Waals surface area contributed by atoms with Crippen molar-refractivity contribution in [2.75, 3.05) is 5.32 Å². The molecule has 162 valence electrons. The van der Waals surface area contributed by atoms with Crippen LogP contribution in [0.25, 0.3) is 0 Å². The number of anilines is 1. The summed E-state index contributed by atoms with van der Waals surface area (Å²) in [7, 11) is 0. The van der Waals surface area contributed by atoms with Crippen molar-refractivity contribution in [1.29, 1.82) is 0 Å². The van der Waals surface area contributed by atoms with Crippen molar-refractivity contribution in [3.05, 3.63) is 75.8 Å². The van der Waals surface area contributed by atoms with Crippen molar-refractivity contribution < 1.29 is 18.4 Å². The minimum absolute atomic E-state index is 0.0257. The highest BCUT2D eigenvalue weighted by Crippen LogP contribution is 2.33. The Labute approximate surface area is 186 Å². The van der Waals surface area contributed by atoms with Gasteiger partial charge in [0.1, 0.15) is 15.6 Å². The fraction of sp³-hybridized carbons (Fsp3) is 0.190. The van der Waals surface area contributed by atoms with Gasteiger partial charge in [-0.05, 0) is 54.2 Å². The van der Waals surface area contributed by atoms with Crippen molar-refractivity contribution in [2.45, 2.75) is 31.2 Å². The topological polar surface area (TPSA) is 97.1 Å². The lowest BCUT2D eigenvalue weighted by molar-refractivity contribution is 0.0998. The zero-order valence-electron chi connectivity index (χ0n) is 16.8.